The number of nitrogens with two attached hydrogens (primary N) is 1. The van der Waals surface area contributed by atoms with Crippen LogP contribution >= 0.6 is 0 Å². The Morgan fingerprint density at radius 3 is 2.55 bits per heavy atom. The number of methoxy groups -OCH3 is 2. The molecule has 0 aromatic heterocycles. The van der Waals surface area contributed by atoms with E-state index in [-0.39, 0.29) is 6.04 Å². The number of benzene rings is 1. The highest BCUT2D eigenvalue weighted by Crippen LogP contribution is 2.40. The van der Waals surface area contributed by atoms with Crippen LogP contribution in [0.1, 0.15) is 50.5 Å². The maximum Gasteiger partial charge on any atom is 0.160 e. The third-order valence-corrected chi connectivity index (χ3v) is 4.55. The average Bonchev–Trinajstić information content (AvgIpc) is 2.48. The predicted molar refractivity (Wildman–Crippen MR) is 82.5 cm³/mol. The van der Waals surface area contributed by atoms with Crippen LogP contribution < -0.4 is 15.2 Å². The molecule has 0 saturated heterocycles. The fourth-order valence-corrected chi connectivity index (χ4v) is 3.42. The molecule has 1 saturated carbocycles. The van der Waals surface area contributed by atoms with Crippen molar-refractivity contribution in [2.24, 2.45) is 11.7 Å². The van der Waals surface area contributed by atoms with Gasteiger partial charge in [0.1, 0.15) is 0 Å². The van der Waals surface area contributed by atoms with E-state index in [1.807, 2.05) is 6.07 Å². The topological polar surface area (TPSA) is 44.5 Å². The lowest BCUT2D eigenvalue weighted by Gasteiger charge is -2.34. The molecule has 0 spiro atoms. The molecule has 1 aliphatic carbocycles. The average molecular weight is 277 g/mol. The zero-order chi connectivity index (χ0) is 14.5. The van der Waals surface area contributed by atoms with Gasteiger partial charge in [-0.1, -0.05) is 25.8 Å². The van der Waals surface area contributed by atoms with E-state index in [0.29, 0.717) is 5.92 Å². The Morgan fingerprint density at radius 2 is 1.90 bits per heavy atom. The second-order valence-corrected chi connectivity index (χ2v) is 5.85. The quantitative estimate of drug-likeness (QED) is 0.892. The lowest BCUT2D eigenvalue weighted by molar-refractivity contribution is 0.273. The maximum atomic E-state index is 6.36. The molecule has 2 rings (SSSR count). The van der Waals surface area contributed by atoms with Crippen LogP contribution in [0.3, 0.4) is 0 Å². The van der Waals surface area contributed by atoms with E-state index in [9.17, 15) is 0 Å². The molecule has 1 aromatic carbocycles. The highest BCUT2D eigenvalue weighted by atomic mass is 16.5. The molecule has 0 heterocycles. The second-order valence-electron chi connectivity index (χ2n) is 5.85. The lowest BCUT2D eigenvalue weighted by atomic mass is 9.74. The van der Waals surface area contributed by atoms with E-state index in [4.69, 9.17) is 15.2 Å². The van der Waals surface area contributed by atoms with Gasteiger partial charge in [0.15, 0.2) is 11.5 Å². The monoisotopic (exact) mass is 277 g/mol. The maximum absolute atomic E-state index is 6.36. The summed E-state index contributed by atoms with van der Waals surface area (Å²) in [7, 11) is 3.35. The second kappa shape index (κ2) is 6.98. The first-order valence-electron chi connectivity index (χ1n) is 7.67. The van der Waals surface area contributed by atoms with Gasteiger partial charge in [-0.05, 0) is 48.8 Å². The van der Waals surface area contributed by atoms with Crippen molar-refractivity contribution in [1.82, 2.24) is 0 Å². The van der Waals surface area contributed by atoms with Gasteiger partial charge in [-0.3, -0.25) is 0 Å². The fourth-order valence-electron chi connectivity index (χ4n) is 3.42. The van der Waals surface area contributed by atoms with Crippen molar-refractivity contribution in [2.45, 2.75) is 51.0 Å². The number of rotatable bonds is 5. The Hall–Kier alpha value is -1.22. The van der Waals surface area contributed by atoms with Crippen molar-refractivity contribution < 1.29 is 9.47 Å². The van der Waals surface area contributed by atoms with E-state index in [1.54, 1.807) is 14.2 Å². The Labute approximate surface area is 122 Å². The molecule has 3 heteroatoms. The SMILES string of the molecule is CCCC1CCC(N)C(c2ccc(OC)c(OC)c2)C1. The number of hydrogen-bond acceptors (Lipinski definition) is 3. The molecule has 112 valence electrons. The summed E-state index contributed by atoms with van der Waals surface area (Å²) >= 11 is 0. The first-order chi connectivity index (χ1) is 9.69. The minimum atomic E-state index is 0.265. The highest BCUT2D eigenvalue weighted by molar-refractivity contribution is 5.44. The molecule has 2 N–H and O–H groups in total. The van der Waals surface area contributed by atoms with Crippen LogP contribution in [-0.2, 0) is 0 Å². The standard InChI is InChI=1S/C17H27NO2/c1-4-5-12-6-8-15(18)14(10-12)13-7-9-16(19-2)17(11-13)20-3/h7,9,11-12,14-15H,4-6,8,10,18H2,1-3H3. The molecule has 0 aliphatic heterocycles. The molecule has 0 bridgehead atoms. The van der Waals surface area contributed by atoms with Gasteiger partial charge in [-0.2, -0.15) is 0 Å². The van der Waals surface area contributed by atoms with Gasteiger partial charge in [0.05, 0.1) is 14.2 Å². The minimum absolute atomic E-state index is 0.265. The van der Waals surface area contributed by atoms with Crippen molar-refractivity contribution in [3.05, 3.63) is 23.8 Å². The summed E-state index contributed by atoms with van der Waals surface area (Å²) in [6, 6.07) is 6.49. The van der Waals surface area contributed by atoms with Crippen LogP contribution in [0.5, 0.6) is 11.5 Å². The van der Waals surface area contributed by atoms with Gasteiger partial charge in [0.2, 0.25) is 0 Å². The molecule has 0 radical (unpaired) electrons. The summed E-state index contributed by atoms with van der Waals surface area (Å²) in [6.45, 7) is 2.26. The fraction of sp³-hybridized carbons (Fsp3) is 0.647. The Morgan fingerprint density at radius 1 is 1.15 bits per heavy atom. The van der Waals surface area contributed by atoms with Crippen LogP contribution in [-0.4, -0.2) is 20.3 Å². The largest absolute Gasteiger partial charge is 0.493 e. The zero-order valence-electron chi connectivity index (χ0n) is 12.9. The third-order valence-electron chi connectivity index (χ3n) is 4.55. The van der Waals surface area contributed by atoms with Gasteiger partial charge < -0.3 is 15.2 Å². The summed E-state index contributed by atoms with van der Waals surface area (Å²) in [6.07, 6.45) is 6.18. The first-order valence-corrected chi connectivity index (χ1v) is 7.67. The van der Waals surface area contributed by atoms with E-state index in [2.05, 4.69) is 19.1 Å². The molecule has 3 nitrogen and oxygen atoms in total. The van der Waals surface area contributed by atoms with Crippen molar-refractivity contribution in [1.29, 1.82) is 0 Å². The molecule has 1 aliphatic rings. The highest BCUT2D eigenvalue weighted by Gasteiger charge is 2.29. The van der Waals surface area contributed by atoms with E-state index in [0.717, 1.165) is 23.8 Å². The van der Waals surface area contributed by atoms with Gasteiger partial charge in [-0.15, -0.1) is 0 Å². The zero-order valence-corrected chi connectivity index (χ0v) is 12.9. The summed E-state index contributed by atoms with van der Waals surface area (Å²) < 4.78 is 10.7. The molecule has 1 aromatic rings. The summed E-state index contributed by atoms with van der Waals surface area (Å²) in [4.78, 5) is 0. The molecule has 0 amide bonds. The van der Waals surface area contributed by atoms with Crippen LogP contribution in [0, 0.1) is 5.92 Å². The van der Waals surface area contributed by atoms with Gasteiger partial charge >= 0.3 is 0 Å². The molecular weight excluding hydrogens is 250 g/mol. The van der Waals surface area contributed by atoms with E-state index in [1.165, 1.54) is 31.2 Å². The Balaban J connectivity index is 2.20. The number of ether oxygens (including phenoxy) is 2. The minimum Gasteiger partial charge on any atom is -0.493 e. The molecular formula is C17H27NO2. The normalized spacial score (nSPS) is 26.3. The lowest BCUT2D eigenvalue weighted by Crippen LogP contribution is -2.34. The van der Waals surface area contributed by atoms with Crippen LogP contribution in [0.2, 0.25) is 0 Å². The molecule has 1 fully saturated rings. The third kappa shape index (κ3) is 3.26. The summed E-state index contributed by atoms with van der Waals surface area (Å²) in [5.74, 6) is 2.85. The van der Waals surface area contributed by atoms with Crippen molar-refractivity contribution in [2.75, 3.05) is 14.2 Å². The summed E-state index contributed by atoms with van der Waals surface area (Å²) in [5.41, 5.74) is 7.65. The van der Waals surface area contributed by atoms with E-state index >= 15 is 0 Å². The molecule has 20 heavy (non-hydrogen) atoms. The van der Waals surface area contributed by atoms with Crippen LogP contribution in [0.25, 0.3) is 0 Å². The molecule has 3 unspecified atom stereocenters. The van der Waals surface area contributed by atoms with Crippen molar-refractivity contribution >= 4 is 0 Å². The van der Waals surface area contributed by atoms with Gasteiger partial charge in [-0.25, -0.2) is 0 Å². The number of hydrogen-bond donors (Lipinski definition) is 1. The Bertz CT molecular complexity index is 433. The predicted octanol–water partition coefficient (Wildman–Crippen LogP) is 3.71. The molecule has 3 atom stereocenters. The van der Waals surface area contributed by atoms with Gasteiger partial charge in [0.25, 0.3) is 0 Å². The van der Waals surface area contributed by atoms with Crippen molar-refractivity contribution in [3.63, 3.8) is 0 Å². The van der Waals surface area contributed by atoms with Crippen LogP contribution in [0.4, 0.5) is 0 Å². The smallest absolute Gasteiger partial charge is 0.160 e. The van der Waals surface area contributed by atoms with Crippen LogP contribution in [0.15, 0.2) is 18.2 Å². The summed E-state index contributed by atoms with van der Waals surface area (Å²) in [5, 5.41) is 0. The van der Waals surface area contributed by atoms with Gasteiger partial charge in [0, 0.05) is 6.04 Å². The first kappa shape index (κ1) is 15.2. The Kier molecular flexibility index (Phi) is 5.30. The van der Waals surface area contributed by atoms with E-state index < -0.39 is 0 Å². The van der Waals surface area contributed by atoms with Crippen molar-refractivity contribution in [3.8, 4) is 11.5 Å².